The van der Waals surface area contributed by atoms with Gasteiger partial charge in [0.05, 0.1) is 0 Å². The van der Waals surface area contributed by atoms with Crippen molar-refractivity contribution in [1.82, 2.24) is 0 Å². The number of halogens is 4. The lowest BCUT2D eigenvalue weighted by molar-refractivity contribution is -0.134. The van der Waals surface area contributed by atoms with Gasteiger partial charge >= 0.3 is 6.18 Å². The van der Waals surface area contributed by atoms with Crippen molar-refractivity contribution in [2.45, 2.75) is 12.6 Å². The Morgan fingerprint density at radius 3 is 2.42 bits per heavy atom. The van der Waals surface area contributed by atoms with E-state index in [1.54, 1.807) is 0 Å². The fraction of sp³-hybridized carbons (Fsp3) is 0.429. The smallest absolute Gasteiger partial charge is 0.165 e. The molecule has 12 heavy (non-hydrogen) atoms. The first-order valence-electron chi connectivity index (χ1n) is 3.26. The summed E-state index contributed by atoms with van der Waals surface area (Å²) in [5.41, 5.74) is 0. The Morgan fingerprint density at radius 1 is 1.33 bits per heavy atom. The van der Waals surface area contributed by atoms with Crippen LogP contribution in [-0.4, -0.2) is 5.88 Å². The molecular weight excluding hydrogens is 209 g/mol. The molecule has 0 unspecified atom stereocenters. The first-order chi connectivity index (χ1) is 5.54. The standard InChI is InChI=1S/C7H6ClF3S/c8-4-3-5-1-2-6(12-5)7(9,10)11/h1-2H,3-4H2. The van der Waals surface area contributed by atoms with Crippen LogP contribution in [0.15, 0.2) is 12.1 Å². The van der Waals surface area contributed by atoms with Gasteiger partial charge in [0.1, 0.15) is 4.88 Å². The van der Waals surface area contributed by atoms with Crippen LogP contribution in [0.3, 0.4) is 0 Å². The number of thiophene rings is 1. The molecule has 0 saturated heterocycles. The van der Waals surface area contributed by atoms with Gasteiger partial charge in [-0.25, -0.2) is 0 Å². The second kappa shape index (κ2) is 3.66. The van der Waals surface area contributed by atoms with E-state index in [9.17, 15) is 13.2 Å². The van der Waals surface area contributed by atoms with E-state index in [4.69, 9.17) is 11.6 Å². The fourth-order valence-electron chi connectivity index (χ4n) is 0.758. The Bertz CT molecular complexity index is 253. The number of hydrogen-bond donors (Lipinski definition) is 0. The Balaban J connectivity index is 2.77. The summed E-state index contributed by atoms with van der Waals surface area (Å²) in [6.45, 7) is 0. The molecule has 0 amide bonds. The normalized spacial score (nSPS) is 12.0. The fourth-order valence-corrected chi connectivity index (χ4v) is 1.95. The molecule has 0 N–H and O–H groups in total. The minimum Gasteiger partial charge on any atom is -0.165 e. The maximum absolute atomic E-state index is 12.0. The van der Waals surface area contributed by atoms with Crippen LogP contribution in [0.5, 0.6) is 0 Å². The molecule has 0 radical (unpaired) electrons. The van der Waals surface area contributed by atoms with Crippen LogP contribution in [0.1, 0.15) is 9.75 Å². The van der Waals surface area contributed by atoms with Gasteiger partial charge in [0.2, 0.25) is 0 Å². The average molecular weight is 215 g/mol. The van der Waals surface area contributed by atoms with Crippen molar-refractivity contribution in [2.75, 3.05) is 5.88 Å². The molecule has 0 saturated carbocycles. The molecule has 0 aliphatic rings. The zero-order chi connectivity index (χ0) is 9.19. The number of aryl methyl sites for hydroxylation is 1. The Morgan fingerprint density at radius 2 is 2.00 bits per heavy atom. The highest BCUT2D eigenvalue weighted by Gasteiger charge is 2.32. The maximum atomic E-state index is 12.0. The topological polar surface area (TPSA) is 0 Å². The van der Waals surface area contributed by atoms with Crippen molar-refractivity contribution in [3.63, 3.8) is 0 Å². The van der Waals surface area contributed by atoms with Crippen molar-refractivity contribution >= 4 is 22.9 Å². The number of alkyl halides is 4. The third-order valence-corrected chi connectivity index (χ3v) is 2.66. The van der Waals surface area contributed by atoms with Crippen molar-refractivity contribution in [3.05, 3.63) is 21.9 Å². The molecule has 0 bridgehead atoms. The van der Waals surface area contributed by atoms with Crippen LogP contribution in [0.2, 0.25) is 0 Å². The Hall–Kier alpha value is -0.220. The van der Waals surface area contributed by atoms with E-state index in [1.807, 2.05) is 0 Å². The Kier molecular flexibility index (Phi) is 3.01. The second-order valence-corrected chi connectivity index (χ2v) is 3.75. The number of rotatable bonds is 2. The summed E-state index contributed by atoms with van der Waals surface area (Å²) in [6.07, 6.45) is -3.71. The highest BCUT2D eigenvalue weighted by molar-refractivity contribution is 7.12. The largest absolute Gasteiger partial charge is 0.425 e. The summed E-state index contributed by atoms with van der Waals surface area (Å²) in [6, 6.07) is 2.56. The lowest BCUT2D eigenvalue weighted by Crippen LogP contribution is -2.00. The van der Waals surface area contributed by atoms with Gasteiger partial charge in [0.15, 0.2) is 0 Å². The van der Waals surface area contributed by atoms with Crippen molar-refractivity contribution < 1.29 is 13.2 Å². The van der Waals surface area contributed by atoms with E-state index in [0.29, 0.717) is 17.2 Å². The molecule has 1 aromatic rings. The minimum atomic E-state index is -4.21. The van der Waals surface area contributed by atoms with E-state index in [-0.39, 0.29) is 0 Å². The van der Waals surface area contributed by atoms with E-state index in [0.717, 1.165) is 17.4 Å². The summed E-state index contributed by atoms with van der Waals surface area (Å²) in [7, 11) is 0. The van der Waals surface area contributed by atoms with E-state index in [2.05, 4.69) is 0 Å². The lowest BCUT2D eigenvalue weighted by atomic mass is 10.3. The molecule has 0 aromatic carbocycles. The summed E-state index contributed by atoms with van der Waals surface area (Å²) in [4.78, 5) is 0.125. The first kappa shape index (κ1) is 9.86. The molecule has 68 valence electrons. The summed E-state index contributed by atoms with van der Waals surface area (Å²) in [5, 5.41) is 0. The maximum Gasteiger partial charge on any atom is 0.425 e. The SMILES string of the molecule is FC(F)(F)c1ccc(CCCl)s1. The third kappa shape index (κ3) is 2.38. The van der Waals surface area contributed by atoms with Gasteiger partial charge in [-0.1, -0.05) is 0 Å². The van der Waals surface area contributed by atoms with Crippen LogP contribution in [0, 0.1) is 0 Å². The molecule has 1 rings (SSSR count). The summed E-state index contributed by atoms with van der Waals surface area (Å²) >= 11 is 6.14. The summed E-state index contributed by atoms with van der Waals surface area (Å²) < 4.78 is 36.1. The molecule has 0 spiro atoms. The monoisotopic (exact) mass is 214 g/mol. The molecule has 0 aliphatic carbocycles. The molecule has 5 heteroatoms. The molecule has 0 nitrogen and oxygen atoms in total. The van der Waals surface area contributed by atoms with Crippen molar-refractivity contribution in [3.8, 4) is 0 Å². The van der Waals surface area contributed by atoms with Gasteiger partial charge in [-0.05, 0) is 18.6 Å². The predicted octanol–water partition coefficient (Wildman–Crippen LogP) is 3.55. The lowest BCUT2D eigenvalue weighted by Gasteiger charge is -2.00. The van der Waals surface area contributed by atoms with Gasteiger partial charge in [-0.3, -0.25) is 0 Å². The van der Waals surface area contributed by atoms with Gasteiger partial charge < -0.3 is 0 Å². The van der Waals surface area contributed by atoms with Gasteiger partial charge in [0, 0.05) is 10.8 Å². The van der Waals surface area contributed by atoms with Gasteiger partial charge in [-0.2, -0.15) is 13.2 Å². The molecule has 0 fully saturated rings. The highest BCUT2D eigenvalue weighted by atomic mass is 35.5. The van der Waals surface area contributed by atoms with Crippen molar-refractivity contribution in [1.29, 1.82) is 0 Å². The zero-order valence-corrected chi connectivity index (χ0v) is 7.56. The third-order valence-electron chi connectivity index (χ3n) is 1.28. The summed E-state index contributed by atoms with van der Waals surface area (Å²) in [5.74, 6) is 0.359. The van der Waals surface area contributed by atoms with Crippen LogP contribution in [-0.2, 0) is 12.6 Å². The average Bonchev–Trinajstić information content (AvgIpc) is 2.35. The van der Waals surface area contributed by atoms with E-state index >= 15 is 0 Å². The van der Waals surface area contributed by atoms with Crippen LogP contribution < -0.4 is 0 Å². The molecule has 0 atom stereocenters. The van der Waals surface area contributed by atoms with Crippen LogP contribution >= 0.6 is 22.9 Å². The molecular formula is C7H6ClF3S. The zero-order valence-electron chi connectivity index (χ0n) is 5.99. The van der Waals surface area contributed by atoms with Gasteiger partial charge in [-0.15, -0.1) is 22.9 Å². The molecule has 1 heterocycles. The van der Waals surface area contributed by atoms with Crippen molar-refractivity contribution in [2.24, 2.45) is 0 Å². The highest BCUT2D eigenvalue weighted by Crippen LogP contribution is 2.34. The van der Waals surface area contributed by atoms with E-state index in [1.165, 1.54) is 6.07 Å². The predicted molar refractivity (Wildman–Crippen MR) is 43.7 cm³/mol. The Labute approximate surface area is 77.0 Å². The van der Waals surface area contributed by atoms with Gasteiger partial charge in [0.25, 0.3) is 0 Å². The molecule has 0 aliphatic heterocycles. The van der Waals surface area contributed by atoms with Crippen LogP contribution in [0.4, 0.5) is 13.2 Å². The second-order valence-electron chi connectivity index (χ2n) is 2.20. The first-order valence-corrected chi connectivity index (χ1v) is 4.61. The molecule has 1 aromatic heterocycles. The minimum absolute atomic E-state index is 0.359. The van der Waals surface area contributed by atoms with E-state index < -0.39 is 11.1 Å². The van der Waals surface area contributed by atoms with Crippen LogP contribution in [0.25, 0.3) is 0 Å². The quantitative estimate of drug-likeness (QED) is 0.661. The number of hydrogen-bond acceptors (Lipinski definition) is 1.